The SMILES string of the molecule is CCc1c[nH]c(C(=O)NCC2CC(F)(CNC(=O)Cc3cn[nH]c3)C2)c1. The van der Waals surface area contributed by atoms with Crippen LogP contribution < -0.4 is 10.6 Å². The van der Waals surface area contributed by atoms with Crippen LogP contribution in [-0.4, -0.2) is 45.8 Å². The topological polar surface area (TPSA) is 103 Å². The molecule has 0 aliphatic heterocycles. The van der Waals surface area contributed by atoms with Crippen LogP contribution in [0.2, 0.25) is 0 Å². The van der Waals surface area contributed by atoms with Gasteiger partial charge in [0.05, 0.1) is 19.2 Å². The molecule has 0 unspecified atom stereocenters. The summed E-state index contributed by atoms with van der Waals surface area (Å²) >= 11 is 0. The molecule has 0 saturated heterocycles. The zero-order valence-corrected chi connectivity index (χ0v) is 14.8. The lowest BCUT2D eigenvalue weighted by atomic mass is 9.72. The van der Waals surface area contributed by atoms with Crippen LogP contribution in [-0.2, 0) is 17.6 Å². The molecule has 0 atom stereocenters. The molecule has 2 aromatic rings. The number of halogens is 1. The predicted octanol–water partition coefficient (Wildman–Crippen LogP) is 1.51. The standard InChI is InChI=1S/C18H24FN5O2/c1-2-12-3-15(20-7-12)17(26)21-8-14-5-18(19,6-14)11-22-16(25)4-13-9-23-24-10-13/h3,7,9-10,14,20H,2,4-6,8,11H2,1H3,(H,21,26)(H,22,25)(H,23,24). The summed E-state index contributed by atoms with van der Waals surface area (Å²) in [6.45, 7) is 2.46. The van der Waals surface area contributed by atoms with Crippen molar-refractivity contribution < 1.29 is 14.0 Å². The third-order valence-corrected chi connectivity index (χ3v) is 4.78. The lowest BCUT2D eigenvalue weighted by Crippen LogP contribution is -2.51. The van der Waals surface area contributed by atoms with Gasteiger partial charge in [-0.25, -0.2) is 4.39 Å². The maximum atomic E-state index is 14.5. The van der Waals surface area contributed by atoms with Gasteiger partial charge in [-0.1, -0.05) is 6.92 Å². The van der Waals surface area contributed by atoms with Gasteiger partial charge in [0.2, 0.25) is 5.91 Å². The Morgan fingerprint density at radius 1 is 1.31 bits per heavy atom. The second-order valence-corrected chi connectivity index (χ2v) is 6.97. The summed E-state index contributed by atoms with van der Waals surface area (Å²) in [5.41, 5.74) is 0.982. The number of nitrogens with one attached hydrogen (secondary N) is 4. The molecule has 1 saturated carbocycles. The van der Waals surface area contributed by atoms with Gasteiger partial charge in [-0.15, -0.1) is 0 Å². The number of aryl methyl sites for hydroxylation is 1. The molecule has 4 N–H and O–H groups in total. The van der Waals surface area contributed by atoms with E-state index in [1.165, 1.54) is 0 Å². The highest BCUT2D eigenvalue weighted by atomic mass is 19.1. The average Bonchev–Trinajstić information content (AvgIpc) is 3.27. The number of nitrogens with zero attached hydrogens (tertiary/aromatic N) is 1. The Bertz CT molecular complexity index is 749. The van der Waals surface area contributed by atoms with Crippen molar-refractivity contribution >= 4 is 11.8 Å². The van der Waals surface area contributed by atoms with E-state index in [1.54, 1.807) is 12.4 Å². The van der Waals surface area contributed by atoms with Crippen molar-refractivity contribution in [3.05, 3.63) is 41.5 Å². The summed E-state index contributed by atoms with van der Waals surface area (Å²) in [5, 5.41) is 11.9. The van der Waals surface area contributed by atoms with Gasteiger partial charge < -0.3 is 15.6 Å². The summed E-state index contributed by atoms with van der Waals surface area (Å²) in [6, 6.07) is 1.82. The summed E-state index contributed by atoms with van der Waals surface area (Å²) in [6.07, 6.45) is 6.75. The minimum Gasteiger partial charge on any atom is -0.357 e. The fourth-order valence-corrected chi connectivity index (χ4v) is 3.25. The van der Waals surface area contributed by atoms with Gasteiger partial charge in [0.25, 0.3) is 5.91 Å². The number of hydrogen-bond donors (Lipinski definition) is 4. The predicted molar refractivity (Wildman–Crippen MR) is 94.4 cm³/mol. The van der Waals surface area contributed by atoms with Crippen molar-refractivity contribution in [3.8, 4) is 0 Å². The molecular weight excluding hydrogens is 337 g/mol. The first-order valence-corrected chi connectivity index (χ1v) is 8.86. The van der Waals surface area contributed by atoms with Crippen LogP contribution in [0.3, 0.4) is 0 Å². The minimum atomic E-state index is -1.39. The molecule has 0 aromatic carbocycles. The smallest absolute Gasteiger partial charge is 0.267 e. The highest BCUT2D eigenvalue weighted by molar-refractivity contribution is 5.92. The van der Waals surface area contributed by atoms with Crippen molar-refractivity contribution in [2.45, 2.75) is 38.3 Å². The van der Waals surface area contributed by atoms with Gasteiger partial charge >= 0.3 is 0 Å². The summed E-state index contributed by atoms with van der Waals surface area (Å²) in [4.78, 5) is 26.8. The van der Waals surface area contributed by atoms with Gasteiger partial charge in [-0.3, -0.25) is 14.7 Å². The first-order chi connectivity index (χ1) is 12.5. The third-order valence-electron chi connectivity index (χ3n) is 4.78. The second-order valence-electron chi connectivity index (χ2n) is 6.97. The first-order valence-electron chi connectivity index (χ1n) is 8.86. The molecular formula is C18H24FN5O2. The first kappa shape index (κ1) is 18.2. The van der Waals surface area contributed by atoms with E-state index in [0.29, 0.717) is 25.1 Å². The molecule has 0 spiro atoms. The summed E-state index contributed by atoms with van der Waals surface area (Å²) in [5.74, 6) is -0.302. The summed E-state index contributed by atoms with van der Waals surface area (Å²) < 4.78 is 14.5. The van der Waals surface area contributed by atoms with Gasteiger partial charge in [-0.2, -0.15) is 5.10 Å². The second kappa shape index (κ2) is 7.72. The van der Waals surface area contributed by atoms with Crippen molar-refractivity contribution in [1.82, 2.24) is 25.8 Å². The van der Waals surface area contributed by atoms with E-state index >= 15 is 0 Å². The van der Waals surface area contributed by atoms with Crippen molar-refractivity contribution in [1.29, 1.82) is 0 Å². The maximum absolute atomic E-state index is 14.5. The number of H-pyrrole nitrogens is 2. The number of carbonyl (C=O) groups excluding carboxylic acids is 2. The van der Waals surface area contributed by atoms with Crippen LogP contribution in [0.15, 0.2) is 24.7 Å². The Morgan fingerprint density at radius 3 is 2.77 bits per heavy atom. The monoisotopic (exact) mass is 361 g/mol. The van der Waals surface area contributed by atoms with E-state index in [9.17, 15) is 14.0 Å². The van der Waals surface area contributed by atoms with Gasteiger partial charge in [0.1, 0.15) is 11.4 Å². The average molecular weight is 361 g/mol. The third kappa shape index (κ3) is 4.50. The van der Waals surface area contributed by atoms with Crippen molar-refractivity contribution in [2.24, 2.45) is 5.92 Å². The van der Waals surface area contributed by atoms with Gasteiger partial charge in [-0.05, 0) is 42.4 Å². The van der Waals surface area contributed by atoms with E-state index in [1.807, 2.05) is 19.2 Å². The largest absolute Gasteiger partial charge is 0.357 e. The zero-order valence-electron chi connectivity index (χ0n) is 14.8. The van der Waals surface area contributed by atoms with Crippen LogP contribution in [0.1, 0.15) is 41.4 Å². The highest BCUT2D eigenvalue weighted by Gasteiger charge is 2.44. The van der Waals surface area contributed by atoms with E-state index in [2.05, 4.69) is 25.8 Å². The molecule has 140 valence electrons. The number of aromatic nitrogens is 3. The molecule has 2 aromatic heterocycles. The Morgan fingerprint density at radius 2 is 2.12 bits per heavy atom. The fraction of sp³-hybridized carbons (Fsp3) is 0.500. The Hall–Kier alpha value is -2.64. The molecule has 8 heteroatoms. The van der Waals surface area contributed by atoms with Crippen LogP contribution in [0.5, 0.6) is 0 Å². The van der Waals surface area contributed by atoms with Crippen molar-refractivity contribution in [3.63, 3.8) is 0 Å². The molecule has 2 heterocycles. The molecule has 1 aliphatic carbocycles. The van der Waals surface area contributed by atoms with E-state index in [4.69, 9.17) is 0 Å². The molecule has 2 amide bonds. The summed E-state index contributed by atoms with van der Waals surface area (Å²) in [7, 11) is 0. The minimum absolute atomic E-state index is 0.00458. The lowest BCUT2D eigenvalue weighted by Gasteiger charge is -2.41. The number of amides is 2. The quantitative estimate of drug-likeness (QED) is 0.573. The van der Waals surface area contributed by atoms with E-state index in [0.717, 1.165) is 17.5 Å². The van der Waals surface area contributed by atoms with Crippen molar-refractivity contribution in [2.75, 3.05) is 13.1 Å². The zero-order chi connectivity index (χ0) is 18.6. The highest BCUT2D eigenvalue weighted by Crippen LogP contribution is 2.40. The fourth-order valence-electron chi connectivity index (χ4n) is 3.25. The van der Waals surface area contributed by atoms with Crippen LogP contribution in [0.25, 0.3) is 0 Å². The maximum Gasteiger partial charge on any atom is 0.267 e. The van der Waals surface area contributed by atoms with Crippen LogP contribution in [0.4, 0.5) is 4.39 Å². The molecule has 3 rings (SSSR count). The molecule has 1 fully saturated rings. The van der Waals surface area contributed by atoms with Gasteiger partial charge in [0.15, 0.2) is 0 Å². The van der Waals surface area contributed by atoms with Crippen LogP contribution >= 0.6 is 0 Å². The number of aromatic amines is 2. The number of rotatable bonds is 8. The number of carbonyl (C=O) groups is 2. The van der Waals surface area contributed by atoms with Gasteiger partial charge in [0, 0.05) is 18.9 Å². The lowest BCUT2D eigenvalue weighted by molar-refractivity contribution is -0.122. The molecule has 7 nitrogen and oxygen atoms in total. The molecule has 26 heavy (non-hydrogen) atoms. The molecule has 0 bridgehead atoms. The number of alkyl halides is 1. The number of hydrogen-bond acceptors (Lipinski definition) is 3. The normalized spacial score (nSPS) is 21.8. The molecule has 1 aliphatic rings. The molecule has 0 radical (unpaired) electrons. The van der Waals surface area contributed by atoms with E-state index in [-0.39, 0.29) is 30.7 Å². The van der Waals surface area contributed by atoms with E-state index < -0.39 is 5.67 Å². The Kier molecular flexibility index (Phi) is 5.39. The Balaban J connectivity index is 1.35. The Labute approximate surface area is 151 Å². The van der Waals surface area contributed by atoms with Crippen LogP contribution in [0, 0.1) is 5.92 Å².